The third kappa shape index (κ3) is 3.52. The molecule has 24 heavy (non-hydrogen) atoms. The van der Waals surface area contributed by atoms with E-state index in [-0.39, 0.29) is 49.8 Å². The number of carbonyl (C=O) groups is 3. The summed E-state index contributed by atoms with van der Waals surface area (Å²) in [6.07, 6.45) is 4.27. The number of hydrogen-bond acceptors (Lipinski definition) is 5. The fourth-order valence-corrected chi connectivity index (χ4v) is 3.06. The Kier molecular flexibility index (Phi) is 4.73. The van der Waals surface area contributed by atoms with Gasteiger partial charge in [-0.2, -0.15) is 5.10 Å². The fourth-order valence-electron chi connectivity index (χ4n) is 3.06. The number of likely N-dealkylation sites (tertiary alicyclic amines) is 1. The molecule has 1 aromatic heterocycles. The Morgan fingerprint density at radius 2 is 1.79 bits per heavy atom. The second-order valence-corrected chi connectivity index (χ2v) is 6.11. The van der Waals surface area contributed by atoms with Gasteiger partial charge < -0.3 is 5.32 Å². The topological polar surface area (TPSA) is 101 Å². The number of rotatable bonds is 5. The molecule has 1 fully saturated rings. The van der Waals surface area contributed by atoms with Gasteiger partial charge in [0.05, 0.1) is 12.2 Å². The maximum absolute atomic E-state index is 12.0. The van der Waals surface area contributed by atoms with Gasteiger partial charge in [0.15, 0.2) is 0 Å². The summed E-state index contributed by atoms with van der Waals surface area (Å²) in [5, 5.41) is 6.99. The molecule has 0 spiro atoms. The monoisotopic (exact) mass is 332 g/mol. The van der Waals surface area contributed by atoms with E-state index in [9.17, 15) is 19.2 Å². The van der Waals surface area contributed by atoms with Crippen molar-refractivity contribution in [3.8, 4) is 0 Å². The van der Waals surface area contributed by atoms with Crippen LogP contribution >= 0.6 is 0 Å². The van der Waals surface area contributed by atoms with Crippen LogP contribution in [-0.4, -0.2) is 45.5 Å². The lowest BCUT2D eigenvalue weighted by Crippen LogP contribution is -2.41. The van der Waals surface area contributed by atoms with Crippen LogP contribution in [0.4, 0.5) is 0 Å². The molecule has 1 saturated heterocycles. The van der Waals surface area contributed by atoms with Crippen LogP contribution in [-0.2, 0) is 33.8 Å². The lowest BCUT2D eigenvalue weighted by atomic mass is 9.97. The molecule has 128 valence electrons. The quantitative estimate of drug-likeness (QED) is 0.725. The Bertz CT molecular complexity index is 724. The molecule has 3 rings (SSSR count). The summed E-state index contributed by atoms with van der Waals surface area (Å²) in [6, 6.07) is 1.63. The minimum Gasteiger partial charge on any atom is -0.353 e. The molecule has 1 N–H and O–H groups in total. The number of imide groups is 1. The number of amides is 3. The summed E-state index contributed by atoms with van der Waals surface area (Å²) < 4.78 is 1.36. The number of fused-ring (bicyclic) bond motifs is 1. The summed E-state index contributed by atoms with van der Waals surface area (Å²) in [4.78, 5) is 47.8. The molecule has 1 aliphatic carbocycles. The molecule has 2 heterocycles. The highest BCUT2D eigenvalue weighted by Crippen LogP contribution is 2.16. The first kappa shape index (κ1) is 16.4. The van der Waals surface area contributed by atoms with Crippen LogP contribution in [0.3, 0.4) is 0 Å². The van der Waals surface area contributed by atoms with Gasteiger partial charge in [-0.25, -0.2) is 4.68 Å². The molecule has 8 heteroatoms. The van der Waals surface area contributed by atoms with Crippen molar-refractivity contribution >= 4 is 17.7 Å². The van der Waals surface area contributed by atoms with Crippen molar-refractivity contribution in [2.45, 2.75) is 45.1 Å². The normalized spacial score (nSPS) is 17.1. The third-order valence-corrected chi connectivity index (χ3v) is 4.38. The second kappa shape index (κ2) is 6.94. The highest BCUT2D eigenvalue weighted by molar-refractivity contribution is 6.04. The lowest BCUT2D eigenvalue weighted by molar-refractivity contribution is -0.142. The van der Waals surface area contributed by atoms with Gasteiger partial charge in [-0.3, -0.25) is 24.1 Å². The zero-order valence-electron chi connectivity index (χ0n) is 13.4. The van der Waals surface area contributed by atoms with E-state index in [1.807, 2.05) is 0 Å². The third-order valence-electron chi connectivity index (χ3n) is 4.38. The van der Waals surface area contributed by atoms with Gasteiger partial charge in [0.25, 0.3) is 5.56 Å². The highest BCUT2D eigenvalue weighted by Gasteiger charge is 2.30. The molecule has 0 unspecified atom stereocenters. The Morgan fingerprint density at radius 3 is 2.54 bits per heavy atom. The molecule has 0 saturated carbocycles. The van der Waals surface area contributed by atoms with Crippen molar-refractivity contribution in [2.75, 3.05) is 13.1 Å². The Hall–Kier alpha value is -2.51. The SMILES string of the molecule is O=C(CN1C(=O)CCC1=O)NCCn1nc2c(cc1=O)CCCC2. The Morgan fingerprint density at radius 1 is 1.08 bits per heavy atom. The van der Waals surface area contributed by atoms with E-state index in [4.69, 9.17) is 0 Å². The number of carbonyl (C=O) groups excluding carboxylic acids is 3. The van der Waals surface area contributed by atoms with Crippen LogP contribution in [0.1, 0.15) is 36.9 Å². The van der Waals surface area contributed by atoms with Crippen molar-refractivity contribution in [2.24, 2.45) is 0 Å². The van der Waals surface area contributed by atoms with Gasteiger partial charge in [0.1, 0.15) is 6.54 Å². The van der Waals surface area contributed by atoms with E-state index in [2.05, 4.69) is 10.4 Å². The van der Waals surface area contributed by atoms with E-state index in [0.717, 1.165) is 41.8 Å². The molecule has 3 amide bonds. The van der Waals surface area contributed by atoms with Gasteiger partial charge in [-0.05, 0) is 31.2 Å². The summed E-state index contributed by atoms with van der Waals surface area (Å²) in [5.74, 6) is -1.05. The van der Waals surface area contributed by atoms with Crippen molar-refractivity contribution in [1.29, 1.82) is 0 Å². The molecule has 2 aliphatic rings. The standard InChI is InChI=1S/C16H20N4O4/c21-13(10-19-14(22)5-6-15(19)23)17-7-8-20-16(24)9-11-3-1-2-4-12(11)18-20/h9H,1-8,10H2,(H,17,21). The van der Waals surface area contributed by atoms with Crippen LogP contribution in [0.25, 0.3) is 0 Å². The van der Waals surface area contributed by atoms with Gasteiger partial charge in [-0.1, -0.05) is 0 Å². The molecule has 0 atom stereocenters. The zero-order valence-corrected chi connectivity index (χ0v) is 13.4. The Balaban J connectivity index is 1.53. The smallest absolute Gasteiger partial charge is 0.267 e. The summed E-state index contributed by atoms with van der Waals surface area (Å²) in [7, 11) is 0. The van der Waals surface area contributed by atoms with Crippen LogP contribution in [0.5, 0.6) is 0 Å². The number of nitrogens with zero attached hydrogens (tertiary/aromatic N) is 3. The number of aryl methyl sites for hydroxylation is 2. The summed E-state index contributed by atoms with van der Waals surface area (Å²) in [5.41, 5.74) is 1.81. The molecule has 0 aromatic carbocycles. The first-order chi connectivity index (χ1) is 11.5. The van der Waals surface area contributed by atoms with Crippen LogP contribution in [0, 0.1) is 0 Å². The van der Waals surface area contributed by atoms with E-state index in [1.165, 1.54) is 4.68 Å². The van der Waals surface area contributed by atoms with Gasteiger partial charge >= 0.3 is 0 Å². The minimum absolute atomic E-state index is 0.167. The summed E-state index contributed by atoms with van der Waals surface area (Å²) in [6.45, 7) is 0.227. The van der Waals surface area contributed by atoms with Crippen LogP contribution in [0.15, 0.2) is 10.9 Å². The van der Waals surface area contributed by atoms with Crippen LogP contribution < -0.4 is 10.9 Å². The zero-order chi connectivity index (χ0) is 17.1. The molecule has 8 nitrogen and oxygen atoms in total. The highest BCUT2D eigenvalue weighted by atomic mass is 16.2. The molecule has 1 aromatic rings. The van der Waals surface area contributed by atoms with Crippen molar-refractivity contribution in [3.05, 3.63) is 27.7 Å². The van der Waals surface area contributed by atoms with Gasteiger partial charge in [0.2, 0.25) is 17.7 Å². The van der Waals surface area contributed by atoms with Gasteiger partial charge in [0, 0.05) is 25.5 Å². The molecule has 0 radical (unpaired) electrons. The lowest BCUT2D eigenvalue weighted by Gasteiger charge is -2.16. The van der Waals surface area contributed by atoms with Gasteiger partial charge in [-0.15, -0.1) is 0 Å². The largest absolute Gasteiger partial charge is 0.353 e. The molecular formula is C16H20N4O4. The number of nitrogens with one attached hydrogen (secondary N) is 1. The fraction of sp³-hybridized carbons (Fsp3) is 0.562. The van der Waals surface area contributed by atoms with E-state index in [1.54, 1.807) is 6.07 Å². The maximum atomic E-state index is 12.0. The van der Waals surface area contributed by atoms with Crippen molar-refractivity contribution in [1.82, 2.24) is 20.0 Å². The first-order valence-electron chi connectivity index (χ1n) is 8.24. The minimum atomic E-state index is -0.412. The van der Waals surface area contributed by atoms with Crippen molar-refractivity contribution < 1.29 is 14.4 Å². The second-order valence-electron chi connectivity index (χ2n) is 6.11. The predicted molar refractivity (Wildman–Crippen MR) is 84.1 cm³/mol. The number of hydrogen-bond donors (Lipinski definition) is 1. The van der Waals surface area contributed by atoms with E-state index in [0.29, 0.717) is 0 Å². The molecule has 0 bridgehead atoms. The van der Waals surface area contributed by atoms with Crippen LogP contribution in [0.2, 0.25) is 0 Å². The maximum Gasteiger partial charge on any atom is 0.267 e. The average Bonchev–Trinajstić information content (AvgIpc) is 2.87. The van der Waals surface area contributed by atoms with Crippen molar-refractivity contribution in [3.63, 3.8) is 0 Å². The Labute approximate surface area is 138 Å². The molecular weight excluding hydrogens is 312 g/mol. The molecule has 1 aliphatic heterocycles. The summed E-state index contributed by atoms with van der Waals surface area (Å²) >= 11 is 0. The average molecular weight is 332 g/mol. The van der Waals surface area contributed by atoms with E-state index >= 15 is 0 Å². The number of aromatic nitrogens is 2. The predicted octanol–water partition coefficient (Wildman–Crippen LogP) is -0.613. The van der Waals surface area contributed by atoms with E-state index < -0.39 is 5.91 Å². The first-order valence-corrected chi connectivity index (χ1v) is 8.24.